The van der Waals surface area contributed by atoms with Gasteiger partial charge in [0, 0.05) is 11.1 Å². The zero-order valence-electron chi connectivity index (χ0n) is 20.3. The molecular formula is C27H20Cl2F2N2O5S. The smallest absolute Gasteiger partial charge is 0.294 e. The van der Waals surface area contributed by atoms with Crippen molar-refractivity contribution in [3.63, 3.8) is 0 Å². The van der Waals surface area contributed by atoms with E-state index in [1.807, 2.05) is 12.1 Å². The summed E-state index contributed by atoms with van der Waals surface area (Å²) < 4.78 is 38.5. The molecule has 0 aromatic heterocycles. The highest BCUT2D eigenvalue weighted by Crippen LogP contribution is 2.39. The van der Waals surface area contributed by atoms with Crippen molar-refractivity contribution in [2.45, 2.75) is 13.5 Å². The molecule has 3 amide bonds. The molecule has 0 atom stereocenters. The molecule has 12 heteroatoms. The van der Waals surface area contributed by atoms with Gasteiger partial charge in [0.15, 0.2) is 11.5 Å². The van der Waals surface area contributed by atoms with Gasteiger partial charge < -0.3 is 14.8 Å². The van der Waals surface area contributed by atoms with Gasteiger partial charge in [-0.05, 0) is 72.3 Å². The van der Waals surface area contributed by atoms with Crippen molar-refractivity contribution in [3.8, 4) is 11.5 Å². The van der Waals surface area contributed by atoms with E-state index in [1.54, 1.807) is 31.2 Å². The Hall–Kier alpha value is -3.60. The fourth-order valence-corrected chi connectivity index (χ4v) is 4.76. The first-order valence-corrected chi connectivity index (χ1v) is 13.1. The van der Waals surface area contributed by atoms with Crippen molar-refractivity contribution >= 4 is 63.8 Å². The summed E-state index contributed by atoms with van der Waals surface area (Å²) in [6.45, 7) is 1.66. The summed E-state index contributed by atoms with van der Waals surface area (Å²) in [6, 6.07) is 12.9. The molecule has 39 heavy (non-hydrogen) atoms. The lowest BCUT2D eigenvalue weighted by Gasteiger charge is -2.15. The lowest BCUT2D eigenvalue weighted by molar-refractivity contribution is -0.127. The minimum absolute atomic E-state index is 0.0501. The van der Waals surface area contributed by atoms with Crippen LogP contribution in [-0.4, -0.2) is 35.1 Å². The van der Waals surface area contributed by atoms with Gasteiger partial charge in [-0.2, -0.15) is 0 Å². The minimum atomic E-state index is -0.986. The summed E-state index contributed by atoms with van der Waals surface area (Å²) in [6.07, 6.45) is 1.44. The van der Waals surface area contributed by atoms with Crippen LogP contribution in [0.3, 0.4) is 0 Å². The first-order valence-electron chi connectivity index (χ1n) is 11.5. The third-order valence-corrected chi connectivity index (χ3v) is 6.75. The van der Waals surface area contributed by atoms with Crippen LogP contribution in [-0.2, 0) is 16.2 Å². The molecule has 0 unspecified atom stereocenters. The van der Waals surface area contributed by atoms with Crippen molar-refractivity contribution in [1.29, 1.82) is 0 Å². The maximum absolute atomic E-state index is 13.8. The van der Waals surface area contributed by atoms with E-state index < -0.39 is 35.2 Å². The van der Waals surface area contributed by atoms with E-state index in [1.165, 1.54) is 6.08 Å². The molecule has 0 aliphatic carbocycles. The lowest BCUT2D eigenvalue weighted by atomic mass is 10.1. The van der Waals surface area contributed by atoms with Gasteiger partial charge in [0.25, 0.3) is 11.1 Å². The molecular weight excluding hydrogens is 573 g/mol. The molecule has 202 valence electrons. The van der Waals surface area contributed by atoms with Gasteiger partial charge in [0.1, 0.15) is 24.8 Å². The van der Waals surface area contributed by atoms with Crippen LogP contribution in [0.1, 0.15) is 18.1 Å². The number of rotatable bonds is 9. The molecule has 1 fully saturated rings. The molecule has 3 aromatic rings. The molecule has 0 radical (unpaired) electrons. The van der Waals surface area contributed by atoms with Crippen LogP contribution in [0.5, 0.6) is 11.5 Å². The van der Waals surface area contributed by atoms with Gasteiger partial charge >= 0.3 is 0 Å². The second-order valence-corrected chi connectivity index (χ2v) is 9.96. The summed E-state index contributed by atoms with van der Waals surface area (Å²) in [5, 5.41) is 2.36. The maximum atomic E-state index is 13.8. The summed E-state index contributed by atoms with van der Waals surface area (Å²) in [5.41, 5.74) is 1.05. The van der Waals surface area contributed by atoms with Crippen LogP contribution in [0.2, 0.25) is 10.0 Å². The van der Waals surface area contributed by atoms with E-state index in [9.17, 15) is 23.2 Å². The number of ether oxygens (including phenoxy) is 2. The SMILES string of the molecule is CCOc1cc(/C=C2/SC(=O)N(CC(=O)Nc3ccc(F)cc3F)C2=O)cc(Cl)c1OCc1ccc(Cl)cc1. The molecule has 0 saturated carbocycles. The number of carbonyl (C=O) groups is 3. The van der Waals surface area contributed by atoms with Crippen LogP contribution < -0.4 is 14.8 Å². The fraction of sp³-hybridized carbons (Fsp3) is 0.148. The number of nitrogens with one attached hydrogen (secondary N) is 1. The first kappa shape index (κ1) is 28.4. The summed E-state index contributed by atoms with van der Waals surface area (Å²) in [7, 11) is 0. The van der Waals surface area contributed by atoms with Crippen LogP contribution >= 0.6 is 35.0 Å². The number of hydrogen-bond acceptors (Lipinski definition) is 6. The summed E-state index contributed by atoms with van der Waals surface area (Å²) in [4.78, 5) is 38.5. The predicted octanol–water partition coefficient (Wildman–Crippen LogP) is 6.92. The van der Waals surface area contributed by atoms with Gasteiger partial charge in [0.05, 0.1) is 22.2 Å². The number of thioether (sulfide) groups is 1. The van der Waals surface area contributed by atoms with Crippen molar-refractivity contribution < 1.29 is 32.6 Å². The number of nitrogens with zero attached hydrogens (tertiary/aromatic N) is 1. The summed E-state index contributed by atoms with van der Waals surface area (Å²) in [5.74, 6) is -2.69. The number of amides is 3. The van der Waals surface area contributed by atoms with Crippen LogP contribution in [0.4, 0.5) is 19.3 Å². The Balaban J connectivity index is 1.48. The van der Waals surface area contributed by atoms with E-state index >= 15 is 0 Å². The maximum Gasteiger partial charge on any atom is 0.294 e. The van der Waals surface area contributed by atoms with E-state index in [2.05, 4.69) is 5.32 Å². The molecule has 0 bridgehead atoms. The number of halogens is 4. The van der Waals surface area contributed by atoms with Gasteiger partial charge in [-0.25, -0.2) is 8.78 Å². The largest absolute Gasteiger partial charge is 0.490 e. The van der Waals surface area contributed by atoms with Crippen molar-refractivity contribution in [3.05, 3.63) is 92.3 Å². The topological polar surface area (TPSA) is 84.9 Å². The zero-order chi connectivity index (χ0) is 28.1. The standard InChI is InChI=1S/C27H20Cl2F2N2O5S/c1-2-37-22-10-16(9-19(29)25(22)38-14-15-3-5-17(28)6-4-15)11-23-26(35)33(27(36)39-23)13-24(34)32-21-8-7-18(30)12-20(21)31/h3-12H,2,13-14H2,1H3,(H,32,34)/b23-11+. The van der Waals surface area contributed by atoms with Crippen LogP contribution in [0.25, 0.3) is 6.08 Å². The average Bonchev–Trinajstić information content (AvgIpc) is 3.13. The number of carbonyl (C=O) groups excluding carboxylic acids is 3. The monoisotopic (exact) mass is 592 g/mol. The third-order valence-electron chi connectivity index (χ3n) is 5.31. The van der Waals surface area contributed by atoms with E-state index in [-0.39, 0.29) is 22.2 Å². The van der Waals surface area contributed by atoms with Crippen molar-refractivity contribution in [2.24, 2.45) is 0 Å². The van der Waals surface area contributed by atoms with E-state index in [0.29, 0.717) is 46.5 Å². The quantitative estimate of drug-likeness (QED) is 0.271. The number of imide groups is 1. The highest BCUT2D eigenvalue weighted by molar-refractivity contribution is 8.18. The number of hydrogen-bond donors (Lipinski definition) is 1. The van der Waals surface area contributed by atoms with E-state index in [0.717, 1.165) is 22.6 Å². The van der Waals surface area contributed by atoms with Crippen molar-refractivity contribution in [1.82, 2.24) is 4.90 Å². The fourth-order valence-electron chi connectivity index (χ4n) is 3.52. The lowest BCUT2D eigenvalue weighted by Crippen LogP contribution is -2.36. The first-order chi connectivity index (χ1) is 18.6. The Bertz CT molecular complexity index is 1470. The Morgan fingerprint density at radius 2 is 1.79 bits per heavy atom. The second kappa shape index (κ2) is 12.5. The van der Waals surface area contributed by atoms with Gasteiger partial charge in [-0.1, -0.05) is 35.3 Å². The molecule has 1 aliphatic heterocycles. The molecule has 1 aliphatic rings. The number of benzene rings is 3. The molecule has 1 N–H and O–H groups in total. The van der Waals surface area contributed by atoms with E-state index in [4.69, 9.17) is 32.7 Å². The highest BCUT2D eigenvalue weighted by atomic mass is 35.5. The molecule has 0 spiro atoms. The minimum Gasteiger partial charge on any atom is -0.490 e. The Kier molecular flexibility index (Phi) is 9.11. The highest BCUT2D eigenvalue weighted by Gasteiger charge is 2.36. The predicted molar refractivity (Wildman–Crippen MR) is 146 cm³/mol. The summed E-state index contributed by atoms with van der Waals surface area (Å²) >= 11 is 13.0. The Morgan fingerprint density at radius 1 is 1.05 bits per heavy atom. The van der Waals surface area contributed by atoms with Crippen molar-refractivity contribution in [2.75, 3.05) is 18.5 Å². The molecule has 4 rings (SSSR count). The Morgan fingerprint density at radius 3 is 2.49 bits per heavy atom. The van der Waals surface area contributed by atoms with Gasteiger partial charge in [-0.3, -0.25) is 19.3 Å². The van der Waals surface area contributed by atoms with Gasteiger partial charge in [0.2, 0.25) is 5.91 Å². The molecule has 3 aromatic carbocycles. The van der Waals surface area contributed by atoms with Crippen LogP contribution in [0.15, 0.2) is 59.5 Å². The third kappa shape index (κ3) is 7.08. The Labute approximate surface area is 236 Å². The number of anilines is 1. The van der Waals surface area contributed by atoms with Gasteiger partial charge in [-0.15, -0.1) is 0 Å². The molecule has 1 heterocycles. The second-order valence-electron chi connectivity index (χ2n) is 8.12. The molecule has 7 nitrogen and oxygen atoms in total. The zero-order valence-corrected chi connectivity index (χ0v) is 22.6. The normalized spacial score (nSPS) is 14.2. The molecule has 1 saturated heterocycles. The van der Waals surface area contributed by atoms with Crippen LogP contribution in [0, 0.1) is 11.6 Å². The average molecular weight is 593 g/mol.